The lowest BCUT2D eigenvalue weighted by atomic mass is 9.96. The molecule has 0 atom stereocenters. The molecule has 2 N–H and O–H groups in total. The van der Waals surface area contributed by atoms with Gasteiger partial charge in [-0.05, 0) is 44.7 Å². The molecule has 1 aliphatic rings. The zero-order chi connectivity index (χ0) is 22.6. The number of amides is 3. The highest BCUT2D eigenvalue weighted by Gasteiger charge is 2.43. The number of nitrogens with one attached hydrogen (secondary N) is 2. The zero-order valence-electron chi connectivity index (χ0n) is 18.3. The Morgan fingerprint density at radius 1 is 1.10 bits per heavy atom. The number of rotatable bonds is 7. The van der Waals surface area contributed by atoms with Gasteiger partial charge in [-0.15, -0.1) is 0 Å². The van der Waals surface area contributed by atoms with Crippen molar-refractivity contribution in [3.8, 4) is 5.75 Å². The molecular weight excluding hydrogens is 396 g/mol. The Bertz CT molecular complexity index is 989. The fourth-order valence-corrected chi connectivity index (χ4v) is 3.58. The van der Waals surface area contributed by atoms with Crippen molar-refractivity contribution >= 4 is 34.8 Å². The lowest BCUT2D eigenvalue weighted by Gasteiger charge is -2.42. The molecule has 0 saturated heterocycles. The van der Waals surface area contributed by atoms with Crippen molar-refractivity contribution in [3.63, 3.8) is 0 Å². The van der Waals surface area contributed by atoms with E-state index < -0.39 is 5.54 Å². The summed E-state index contributed by atoms with van der Waals surface area (Å²) in [4.78, 5) is 41.7. The van der Waals surface area contributed by atoms with E-state index in [1.54, 1.807) is 55.1 Å². The lowest BCUT2D eigenvalue weighted by Crippen LogP contribution is -2.60. The van der Waals surface area contributed by atoms with Crippen LogP contribution in [0.4, 0.5) is 17.1 Å². The van der Waals surface area contributed by atoms with Crippen LogP contribution in [0.2, 0.25) is 0 Å². The summed E-state index contributed by atoms with van der Waals surface area (Å²) in [6, 6.07) is 14.3. The van der Waals surface area contributed by atoms with Crippen molar-refractivity contribution < 1.29 is 19.1 Å². The smallest absolute Gasteiger partial charge is 0.250 e. The van der Waals surface area contributed by atoms with E-state index in [0.717, 1.165) is 0 Å². The molecule has 0 bridgehead atoms. The predicted octanol–water partition coefficient (Wildman–Crippen LogP) is 2.72. The molecule has 0 radical (unpaired) electrons. The number of hydrogen-bond donors (Lipinski definition) is 2. The molecule has 0 fully saturated rings. The van der Waals surface area contributed by atoms with Crippen LogP contribution in [0, 0.1) is 0 Å². The summed E-state index contributed by atoms with van der Waals surface area (Å²) in [6.45, 7) is 5.82. The van der Waals surface area contributed by atoms with Gasteiger partial charge in [0, 0.05) is 0 Å². The van der Waals surface area contributed by atoms with Crippen molar-refractivity contribution in [3.05, 3.63) is 48.5 Å². The van der Waals surface area contributed by atoms with Crippen LogP contribution in [0.1, 0.15) is 20.8 Å². The van der Waals surface area contributed by atoms with Gasteiger partial charge in [0.25, 0.3) is 0 Å². The summed E-state index contributed by atoms with van der Waals surface area (Å²) in [5.74, 6) is -0.196. The van der Waals surface area contributed by atoms with Gasteiger partial charge >= 0.3 is 0 Å². The lowest BCUT2D eigenvalue weighted by molar-refractivity contribution is -0.127. The van der Waals surface area contributed by atoms with Crippen molar-refractivity contribution in [2.24, 2.45) is 0 Å². The van der Waals surface area contributed by atoms with Crippen LogP contribution < -0.4 is 20.3 Å². The molecule has 0 unspecified atom stereocenters. The number of para-hydroxylation sites is 4. The zero-order valence-corrected chi connectivity index (χ0v) is 18.3. The first-order valence-corrected chi connectivity index (χ1v) is 10.2. The van der Waals surface area contributed by atoms with E-state index in [1.165, 1.54) is 12.0 Å². The van der Waals surface area contributed by atoms with Crippen molar-refractivity contribution in [2.75, 3.05) is 42.3 Å². The van der Waals surface area contributed by atoms with Gasteiger partial charge < -0.3 is 15.4 Å². The molecular formula is C23H28N4O4. The number of carbonyl (C=O) groups excluding carboxylic acids is 3. The molecule has 3 amide bonds. The van der Waals surface area contributed by atoms with Gasteiger partial charge in [-0.25, -0.2) is 0 Å². The third kappa shape index (κ3) is 4.69. The minimum atomic E-state index is -1.05. The molecule has 31 heavy (non-hydrogen) atoms. The van der Waals surface area contributed by atoms with Gasteiger partial charge in [0.15, 0.2) is 0 Å². The van der Waals surface area contributed by atoms with Crippen LogP contribution >= 0.6 is 0 Å². The summed E-state index contributed by atoms with van der Waals surface area (Å²) in [7, 11) is 1.54. The number of ether oxygens (including phenoxy) is 1. The van der Waals surface area contributed by atoms with E-state index in [4.69, 9.17) is 4.74 Å². The van der Waals surface area contributed by atoms with Crippen LogP contribution in [0.5, 0.6) is 5.75 Å². The van der Waals surface area contributed by atoms with Crippen molar-refractivity contribution in [1.82, 2.24) is 4.90 Å². The molecule has 0 aromatic heterocycles. The first kappa shape index (κ1) is 22.3. The molecule has 0 aliphatic carbocycles. The summed E-state index contributed by atoms with van der Waals surface area (Å²) in [6.07, 6.45) is 0. The first-order valence-electron chi connectivity index (χ1n) is 10.2. The van der Waals surface area contributed by atoms with Gasteiger partial charge in [-0.2, -0.15) is 0 Å². The van der Waals surface area contributed by atoms with Crippen LogP contribution in [-0.2, 0) is 14.4 Å². The average molecular weight is 425 g/mol. The predicted molar refractivity (Wildman–Crippen MR) is 120 cm³/mol. The summed E-state index contributed by atoms with van der Waals surface area (Å²) < 4.78 is 5.26. The van der Waals surface area contributed by atoms with Gasteiger partial charge in [0.1, 0.15) is 11.3 Å². The number of hydrogen-bond acceptors (Lipinski definition) is 5. The second-order valence-electron chi connectivity index (χ2n) is 7.81. The Morgan fingerprint density at radius 2 is 1.77 bits per heavy atom. The highest BCUT2D eigenvalue weighted by Crippen LogP contribution is 2.36. The molecule has 3 rings (SSSR count). The maximum absolute atomic E-state index is 13.3. The largest absolute Gasteiger partial charge is 0.495 e. The molecule has 8 nitrogen and oxygen atoms in total. The van der Waals surface area contributed by atoms with Gasteiger partial charge in [0.05, 0.1) is 37.3 Å². The molecule has 2 aromatic carbocycles. The number of likely N-dealkylation sites (N-methyl/N-ethyl adjacent to an activating group) is 1. The van der Waals surface area contributed by atoms with E-state index in [9.17, 15) is 14.4 Å². The fourth-order valence-electron chi connectivity index (χ4n) is 3.58. The number of anilines is 3. The van der Waals surface area contributed by atoms with Crippen LogP contribution in [0.15, 0.2) is 48.5 Å². The number of fused-ring (bicyclic) bond motifs is 1. The van der Waals surface area contributed by atoms with E-state index in [0.29, 0.717) is 29.4 Å². The van der Waals surface area contributed by atoms with Gasteiger partial charge in [-0.1, -0.05) is 31.2 Å². The molecule has 164 valence electrons. The maximum Gasteiger partial charge on any atom is 0.250 e. The Labute approximate surface area is 182 Å². The minimum Gasteiger partial charge on any atom is -0.495 e. The summed E-state index contributed by atoms with van der Waals surface area (Å²) in [5, 5.41) is 5.67. The maximum atomic E-state index is 13.3. The normalized spacial score (nSPS) is 14.6. The molecule has 0 saturated carbocycles. The monoisotopic (exact) mass is 424 g/mol. The van der Waals surface area contributed by atoms with E-state index in [2.05, 4.69) is 10.6 Å². The second-order valence-corrected chi connectivity index (χ2v) is 7.81. The third-order valence-corrected chi connectivity index (χ3v) is 5.31. The highest BCUT2D eigenvalue weighted by molar-refractivity contribution is 6.14. The van der Waals surface area contributed by atoms with E-state index in [-0.39, 0.29) is 30.8 Å². The quantitative estimate of drug-likeness (QED) is 0.713. The van der Waals surface area contributed by atoms with Crippen molar-refractivity contribution in [2.45, 2.75) is 26.3 Å². The summed E-state index contributed by atoms with van der Waals surface area (Å²) in [5.41, 5.74) is 0.758. The Morgan fingerprint density at radius 3 is 2.48 bits per heavy atom. The summed E-state index contributed by atoms with van der Waals surface area (Å²) >= 11 is 0. The number of nitrogens with zero attached hydrogens (tertiary/aromatic N) is 2. The number of carbonyl (C=O) groups is 3. The van der Waals surface area contributed by atoms with Gasteiger partial charge in [0.2, 0.25) is 17.7 Å². The van der Waals surface area contributed by atoms with E-state index in [1.807, 2.05) is 19.1 Å². The third-order valence-electron chi connectivity index (χ3n) is 5.31. The van der Waals surface area contributed by atoms with Crippen LogP contribution in [0.25, 0.3) is 0 Å². The molecule has 2 aromatic rings. The second kappa shape index (κ2) is 9.18. The van der Waals surface area contributed by atoms with Crippen LogP contribution in [0.3, 0.4) is 0 Å². The standard InChI is InChI=1S/C23H28N4O4/c1-5-26(14-20(28)24-17-11-7-9-13-19(17)31-4)15-21(29)27-18-12-8-6-10-16(18)25-22(30)23(27,2)3/h6-13H,5,14-15H2,1-4H3,(H,24,28)(H,25,30). The van der Waals surface area contributed by atoms with Gasteiger partial charge in [-0.3, -0.25) is 24.2 Å². The number of methoxy groups -OCH3 is 1. The molecule has 1 aliphatic heterocycles. The molecule has 0 spiro atoms. The highest BCUT2D eigenvalue weighted by atomic mass is 16.5. The Hall–Kier alpha value is -3.39. The minimum absolute atomic E-state index is 0.000882. The fraction of sp³-hybridized carbons (Fsp3) is 0.348. The van der Waals surface area contributed by atoms with E-state index >= 15 is 0 Å². The number of benzene rings is 2. The molecule has 8 heteroatoms. The average Bonchev–Trinajstić information content (AvgIpc) is 2.74. The Kier molecular flexibility index (Phi) is 6.60. The topological polar surface area (TPSA) is 91.0 Å². The van der Waals surface area contributed by atoms with Crippen LogP contribution in [-0.4, -0.2) is 54.9 Å². The SMILES string of the molecule is CCN(CC(=O)Nc1ccccc1OC)CC(=O)N1c2ccccc2NC(=O)C1(C)C. The molecule has 1 heterocycles. The Balaban J connectivity index is 1.73. The first-order chi connectivity index (χ1) is 14.8. The van der Waals surface area contributed by atoms with Crippen molar-refractivity contribution in [1.29, 1.82) is 0 Å².